The summed E-state index contributed by atoms with van der Waals surface area (Å²) in [4.78, 5) is 8.62. The molecule has 0 radical (unpaired) electrons. The van der Waals surface area contributed by atoms with Gasteiger partial charge < -0.3 is 10.1 Å². The van der Waals surface area contributed by atoms with Gasteiger partial charge in [-0.3, -0.25) is 4.98 Å². The van der Waals surface area contributed by atoms with E-state index >= 15 is 0 Å². The smallest absolute Gasteiger partial charge is 0.219 e. The molecule has 0 spiro atoms. The van der Waals surface area contributed by atoms with Crippen LogP contribution >= 0.6 is 11.6 Å². The van der Waals surface area contributed by atoms with Gasteiger partial charge in [0.15, 0.2) is 5.75 Å². The molecule has 2 aromatic heterocycles. The lowest BCUT2D eigenvalue weighted by atomic mass is 10.3. The third-order valence-corrected chi connectivity index (χ3v) is 3.13. The van der Waals surface area contributed by atoms with Crippen molar-refractivity contribution in [2.45, 2.75) is 26.8 Å². The fourth-order valence-corrected chi connectivity index (χ4v) is 1.89. The highest BCUT2D eigenvalue weighted by molar-refractivity contribution is 6.31. The van der Waals surface area contributed by atoms with Crippen LogP contribution in [-0.4, -0.2) is 16.5 Å². The Balaban J connectivity index is 2.13. The molecular formula is C15H18ClN3O. The van der Waals surface area contributed by atoms with Crippen molar-refractivity contribution >= 4 is 11.6 Å². The zero-order valence-electron chi connectivity index (χ0n) is 11.7. The van der Waals surface area contributed by atoms with E-state index in [2.05, 4.69) is 22.2 Å². The van der Waals surface area contributed by atoms with Crippen LogP contribution in [0.3, 0.4) is 0 Å². The summed E-state index contributed by atoms with van der Waals surface area (Å²) in [6.45, 7) is 5.59. The molecule has 0 saturated carbocycles. The van der Waals surface area contributed by atoms with E-state index in [4.69, 9.17) is 16.3 Å². The van der Waals surface area contributed by atoms with E-state index in [1.54, 1.807) is 18.3 Å². The monoisotopic (exact) mass is 291 g/mol. The normalized spacial score (nSPS) is 10.6. The van der Waals surface area contributed by atoms with E-state index in [1.165, 1.54) is 0 Å². The molecule has 4 nitrogen and oxygen atoms in total. The number of pyridine rings is 2. The molecule has 20 heavy (non-hydrogen) atoms. The average molecular weight is 292 g/mol. The minimum absolute atomic E-state index is 0.527. The molecule has 0 atom stereocenters. The van der Waals surface area contributed by atoms with Gasteiger partial charge in [0.25, 0.3) is 0 Å². The van der Waals surface area contributed by atoms with Crippen molar-refractivity contribution in [3.05, 3.63) is 46.9 Å². The molecule has 0 bridgehead atoms. The first-order valence-electron chi connectivity index (χ1n) is 6.66. The number of halogens is 1. The number of aromatic nitrogens is 2. The topological polar surface area (TPSA) is 47.0 Å². The Morgan fingerprint density at radius 2 is 2.15 bits per heavy atom. The maximum atomic E-state index is 6.14. The quantitative estimate of drug-likeness (QED) is 0.824. The lowest BCUT2D eigenvalue weighted by Gasteiger charge is -2.10. The summed E-state index contributed by atoms with van der Waals surface area (Å²) in [5, 5.41) is 3.92. The van der Waals surface area contributed by atoms with Crippen LogP contribution in [0.25, 0.3) is 0 Å². The Kier molecular flexibility index (Phi) is 5.32. The Morgan fingerprint density at radius 3 is 2.90 bits per heavy atom. The maximum absolute atomic E-state index is 6.14. The second-order valence-corrected chi connectivity index (χ2v) is 4.85. The number of nitrogens with one attached hydrogen (secondary N) is 1. The van der Waals surface area contributed by atoms with Crippen LogP contribution in [0.1, 0.15) is 24.7 Å². The second-order valence-electron chi connectivity index (χ2n) is 4.44. The molecule has 0 aliphatic rings. The molecule has 0 amide bonds. The van der Waals surface area contributed by atoms with Crippen LogP contribution in [0.2, 0.25) is 5.02 Å². The maximum Gasteiger partial charge on any atom is 0.219 e. The molecule has 2 rings (SSSR count). The van der Waals surface area contributed by atoms with Gasteiger partial charge in [-0.25, -0.2) is 4.98 Å². The van der Waals surface area contributed by atoms with Gasteiger partial charge >= 0.3 is 0 Å². The van der Waals surface area contributed by atoms with Crippen molar-refractivity contribution in [3.63, 3.8) is 0 Å². The zero-order chi connectivity index (χ0) is 14.4. The van der Waals surface area contributed by atoms with Gasteiger partial charge in [-0.2, -0.15) is 0 Å². The van der Waals surface area contributed by atoms with Crippen molar-refractivity contribution in [1.82, 2.24) is 15.3 Å². The van der Waals surface area contributed by atoms with Gasteiger partial charge in [0.05, 0.1) is 16.4 Å². The lowest BCUT2D eigenvalue weighted by Crippen LogP contribution is -2.15. The van der Waals surface area contributed by atoms with E-state index in [9.17, 15) is 0 Å². The van der Waals surface area contributed by atoms with Crippen LogP contribution < -0.4 is 10.1 Å². The second kappa shape index (κ2) is 7.22. The lowest BCUT2D eigenvalue weighted by molar-refractivity contribution is 0.453. The molecule has 106 valence electrons. The summed E-state index contributed by atoms with van der Waals surface area (Å²) in [5.74, 6) is 1.23. The summed E-state index contributed by atoms with van der Waals surface area (Å²) >= 11 is 6.14. The predicted octanol–water partition coefficient (Wildman–Crippen LogP) is 3.73. The summed E-state index contributed by atoms with van der Waals surface area (Å²) in [6, 6.07) is 7.27. The fourth-order valence-electron chi connectivity index (χ4n) is 1.72. The molecule has 0 aromatic carbocycles. The van der Waals surface area contributed by atoms with Crippen LogP contribution in [0, 0.1) is 6.92 Å². The van der Waals surface area contributed by atoms with Crippen LogP contribution in [-0.2, 0) is 6.54 Å². The van der Waals surface area contributed by atoms with Gasteiger partial charge in [-0.05, 0) is 38.1 Å². The van der Waals surface area contributed by atoms with Gasteiger partial charge in [0.1, 0.15) is 0 Å². The Hall–Kier alpha value is -1.65. The van der Waals surface area contributed by atoms with Crippen molar-refractivity contribution in [2.24, 2.45) is 0 Å². The standard InChI is InChI=1S/C15H18ClN3O/c1-3-8-17-10-13-12(16)6-7-15(19-13)20-14-5-4-9-18-11(14)2/h4-7,9,17H,3,8,10H2,1-2H3. The van der Waals surface area contributed by atoms with Crippen molar-refractivity contribution in [1.29, 1.82) is 0 Å². The first-order chi connectivity index (χ1) is 9.70. The minimum Gasteiger partial charge on any atom is -0.437 e. The van der Waals surface area contributed by atoms with Crippen LogP contribution in [0.4, 0.5) is 0 Å². The zero-order valence-corrected chi connectivity index (χ0v) is 12.4. The molecular weight excluding hydrogens is 274 g/mol. The number of ether oxygens (including phenoxy) is 1. The molecule has 0 aliphatic carbocycles. The van der Waals surface area contributed by atoms with Crippen molar-refractivity contribution < 1.29 is 4.74 Å². The van der Waals surface area contributed by atoms with E-state index in [1.807, 2.05) is 19.1 Å². The third kappa shape index (κ3) is 3.92. The molecule has 5 heteroatoms. The van der Waals surface area contributed by atoms with E-state index in [0.717, 1.165) is 24.4 Å². The number of nitrogens with zero attached hydrogens (tertiary/aromatic N) is 2. The summed E-state index contributed by atoms with van der Waals surface area (Å²) in [7, 11) is 0. The number of rotatable bonds is 6. The third-order valence-electron chi connectivity index (χ3n) is 2.79. The van der Waals surface area contributed by atoms with Gasteiger partial charge in [0, 0.05) is 18.8 Å². The highest BCUT2D eigenvalue weighted by Gasteiger charge is 2.07. The summed E-state index contributed by atoms with van der Waals surface area (Å²) < 4.78 is 5.75. The summed E-state index contributed by atoms with van der Waals surface area (Å²) in [5.41, 5.74) is 1.62. The Labute approximate surface area is 124 Å². The van der Waals surface area contributed by atoms with Gasteiger partial charge in [0.2, 0.25) is 5.88 Å². The first kappa shape index (κ1) is 14.8. The molecule has 0 fully saturated rings. The van der Waals surface area contributed by atoms with Crippen molar-refractivity contribution in [2.75, 3.05) is 6.54 Å². The fraction of sp³-hybridized carbons (Fsp3) is 0.333. The minimum atomic E-state index is 0.527. The number of aryl methyl sites for hydroxylation is 1. The number of hydrogen-bond donors (Lipinski definition) is 1. The number of hydrogen-bond acceptors (Lipinski definition) is 4. The van der Waals surface area contributed by atoms with Crippen molar-refractivity contribution in [3.8, 4) is 11.6 Å². The average Bonchev–Trinajstić information content (AvgIpc) is 2.45. The van der Waals surface area contributed by atoms with Gasteiger partial charge in [-0.1, -0.05) is 18.5 Å². The molecule has 1 N–H and O–H groups in total. The molecule has 0 aliphatic heterocycles. The van der Waals surface area contributed by atoms with Gasteiger partial charge in [-0.15, -0.1) is 0 Å². The Bertz CT molecular complexity index is 575. The SMILES string of the molecule is CCCNCc1nc(Oc2cccnc2C)ccc1Cl. The molecule has 2 aromatic rings. The first-order valence-corrected chi connectivity index (χ1v) is 7.04. The summed E-state index contributed by atoms with van der Waals surface area (Å²) in [6.07, 6.45) is 2.81. The van der Waals surface area contributed by atoms with E-state index in [0.29, 0.717) is 23.2 Å². The highest BCUT2D eigenvalue weighted by Crippen LogP contribution is 2.24. The molecule has 0 saturated heterocycles. The van der Waals surface area contributed by atoms with Crippen LogP contribution in [0.15, 0.2) is 30.5 Å². The molecule has 0 unspecified atom stereocenters. The van der Waals surface area contributed by atoms with E-state index < -0.39 is 0 Å². The van der Waals surface area contributed by atoms with Crippen LogP contribution in [0.5, 0.6) is 11.6 Å². The molecule has 2 heterocycles. The van der Waals surface area contributed by atoms with E-state index in [-0.39, 0.29) is 0 Å². The Morgan fingerprint density at radius 1 is 1.30 bits per heavy atom. The largest absolute Gasteiger partial charge is 0.437 e. The predicted molar refractivity (Wildman–Crippen MR) is 80.3 cm³/mol. The highest BCUT2D eigenvalue weighted by atomic mass is 35.5.